The van der Waals surface area contributed by atoms with Gasteiger partial charge in [0, 0.05) is 17.3 Å². The van der Waals surface area contributed by atoms with E-state index in [2.05, 4.69) is 5.32 Å². The van der Waals surface area contributed by atoms with Gasteiger partial charge in [-0.2, -0.15) is 0 Å². The van der Waals surface area contributed by atoms with Crippen LogP contribution in [0.25, 0.3) is 0 Å². The van der Waals surface area contributed by atoms with E-state index >= 15 is 0 Å². The molecule has 1 nitrogen and oxygen atoms in total. The van der Waals surface area contributed by atoms with Crippen LogP contribution in [0.5, 0.6) is 0 Å². The fraction of sp³-hybridized carbons (Fsp3) is 0.143. The SMILES string of the molecule is Cc1c(Cl)cccc1NCc1ccc(Cl)c(F)c1. The summed E-state index contributed by atoms with van der Waals surface area (Å²) in [6.45, 7) is 2.46. The first-order chi connectivity index (χ1) is 8.58. The van der Waals surface area contributed by atoms with Gasteiger partial charge in [0.05, 0.1) is 5.02 Å². The Hall–Kier alpha value is -1.25. The molecule has 0 amide bonds. The van der Waals surface area contributed by atoms with E-state index in [1.165, 1.54) is 6.07 Å². The number of benzene rings is 2. The maximum absolute atomic E-state index is 13.3. The van der Waals surface area contributed by atoms with Crippen molar-refractivity contribution in [2.75, 3.05) is 5.32 Å². The van der Waals surface area contributed by atoms with E-state index < -0.39 is 5.82 Å². The predicted octanol–water partition coefficient (Wildman–Crippen LogP) is 5.05. The third kappa shape index (κ3) is 2.95. The number of nitrogens with one attached hydrogen (secondary N) is 1. The summed E-state index contributed by atoms with van der Waals surface area (Å²) in [5, 5.41) is 4.07. The first kappa shape index (κ1) is 13.2. The van der Waals surface area contributed by atoms with Gasteiger partial charge in [0.2, 0.25) is 0 Å². The molecule has 0 fully saturated rings. The molecule has 1 N–H and O–H groups in total. The van der Waals surface area contributed by atoms with E-state index in [0.29, 0.717) is 11.6 Å². The molecule has 0 saturated heterocycles. The van der Waals surface area contributed by atoms with Gasteiger partial charge >= 0.3 is 0 Å². The lowest BCUT2D eigenvalue weighted by Gasteiger charge is -2.10. The van der Waals surface area contributed by atoms with Gasteiger partial charge in [-0.25, -0.2) is 4.39 Å². The predicted molar refractivity (Wildman–Crippen MR) is 74.9 cm³/mol. The number of rotatable bonds is 3. The van der Waals surface area contributed by atoms with Gasteiger partial charge in [-0.15, -0.1) is 0 Å². The van der Waals surface area contributed by atoms with Gasteiger partial charge in [0.25, 0.3) is 0 Å². The standard InChI is InChI=1S/C14H12Cl2FN/c1-9-11(15)3-2-4-14(9)18-8-10-5-6-12(16)13(17)7-10/h2-7,18H,8H2,1H3. The van der Waals surface area contributed by atoms with Gasteiger partial charge < -0.3 is 5.32 Å². The lowest BCUT2D eigenvalue weighted by Crippen LogP contribution is -2.01. The second-order valence-corrected chi connectivity index (χ2v) is 4.83. The van der Waals surface area contributed by atoms with E-state index in [0.717, 1.165) is 16.8 Å². The molecule has 0 spiro atoms. The fourth-order valence-electron chi connectivity index (χ4n) is 1.65. The van der Waals surface area contributed by atoms with Crippen LogP contribution in [-0.4, -0.2) is 0 Å². The minimum absolute atomic E-state index is 0.137. The van der Waals surface area contributed by atoms with Gasteiger partial charge in [-0.3, -0.25) is 0 Å². The summed E-state index contributed by atoms with van der Waals surface area (Å²) < 4.78 is 13.3. The molecule has 0 heterocycles. The quantitative estimate of drug-likeness (QED) is 0.831. The monoisotopic (exact) mass is 283 g/mol. The van der Waals surface area contributed by atoms with Crippen LogP contribution < -0.4 is 5.32 Å². The zero-order chi connectivity index (χ0) is 13.1. The van der Waals surface area contributed by atoms with Crippen molar-refractivity contribution in [2.45, 2.75) is 13.5 Å². The molecule has 94 valence electrons. The Morgan fingerprint density at radius 3 is 2.61 bits per heavy atom. The normalized spacial score (nSPS) is 10.4. The molecule has 2 rings (SSSR count). The molecule has 0 unspecified atom stereocenters. The van der Waals surface area contributed by atoms with E-state index in [1.54, 1.807) is 12.1 Å². The Bertz CT molecular complexity index is 570. The molecule has 0 aliphatic carbocycles. The van der Waals surface area contributed by atoms with Crippen molar-refractivity contribution in [3.05, 3.63) is 63.4 Å². The van der Waals surface area contributed by atoms with Crippen LogP contribution in [0.15, 0.2) is 36.4 Å². The Kier molecular flexibility index (Phi) is 4.10. The molecule has 2 aromatic carbocycles. The molecule has 0 bridgehead atoms. The summed E-state index contributed by atoms with van der Waals surface area (Å²) in [4.78, 5) is 0. The van der Waals surface area contributed by atoms with Crippen molar-refractivity contribution in [3.8, 4) is 0 Å². The van der Waals surface area contributed by atoms with E-state index in [9.17, 15) is 4.39 Å². The van der Waals surface area contributed by atoms with Crippen molar-refractivity contribution >= 4 is 28.9 Å². The summed E-state index contributed by atoms with van der Waals surface area (Å²) >= 11 is 11.7. The van der Waals surface area contributed by atoms with Crippen LogP contribution in [0.4, 0.5) is 10.1 Å². The minimum Gasteiger partial charge on any atom is -0.381 e. The molecule has 0 aromatic heterocycles. The van der Waals surface area contributed by atoms with Crippen molar-refractivity contribution < 1.29 is 4.39 Å². The van der Waals surface area contributed by atoms with Crippen molar-refractivity contribution in [1.29, 1.82) is 0 Å². The summed E-state index contributed by atoms with van der Waals surface area (Å²) in [6, 6.07) is 10.4. The first-order valence-corrected chi connectivity index (χ1v) is 6.26. The zero-order valence-corrected chi connectivity index (χ0v) is 11.3. The Balaban J connectivity index is 2.11. The highest BCUT2D eigenvalue weighted by Gasteiger charge is 2.03. The largest absolute Gasteiger partial charge is 0.381 e. The highest BCUT2D eigenvalue weighted by atomic mass is 35.5. The van der Waals surface area contributed by atoms with E-state index in [1.807, 2.05) is 25.1 Å². The molecule has 4 heteroatoms. The van der Waals surface area contributed by atoms with Crippen LogP contribution >= 0.6 is 23.2 Å². The van der Waals surface area contributed by atoms with Crippen LogP contribution in [0.2, 0.25) is 10.0 Å². The van der Waals surface area contributed by atoms with E-state index in [4.69, 9.17) is 23.2 Å². The van der Waals surface area contributed by atoms with Crippen LogP contribution in [0.3, 0.4) is 0 Å². The molecule has 2 aromatic rings. The first-order valence-electron chi connectivity index (χ1n) is 5.51. The van der Waals surface area contributed by atoms with Gasteiger partial charge in [-0.05, 0) is 42.3 Å². The Morgan fingerprint density at radius 2 is 1.89 bits per heavy atom. The number of halogens is 3. The van der Waals surface area contributed by atoms with Gasteiger partial charge in [-0.1, -0.05) is 35.3 Å². The molecule has 0 aliphatic rings. The average Bonchev–Trinajstić information content (AvgIpc) is 2.35. The average molecular weight is 284 g/mol. The summed E-state index contributed by atoms with van der Waals surface area (Å²) in [6.07, 6.45) is 0. The maximum atomic E-state index is 13.3. The summed E-state index contributed by atoms with van der Waals surface area (Å²) in [5.41, 5.74) is 2.75. The Labute approximate surface area is 116 Å². The topological polar surface area (TPSA) is 12.0 Å². The number of hydrogen-bond donors (Lipinski definition) is 1. The zero-order valence-electron chi connectivity index (χ0n) is 9.81. The van der Waals surface area contributed by atoms with Crippen LogP contribution in [0.1, 0.15) is 11.1 Å². The van der Waals surface area contributed by atoms with E-state index in [-0.39, 0.29) is 5.02 Å². The van der Waals surface area contributed by atoms with Gasteiger partial charge in [0.15, 0.2) is 0 Å². The van der Waals surface area contributed by atoms with Crippen molar-refractivity contribution in [3.63, 3.8) is 0 Å². The third-order valence-electron chi connectivity index (χ3n) is 2.73. The highest BCUT2D eigenvalue weighted by molar-refractivity contribution is 6.31. The Morgan fingerprint density at radius 1 is 1.11 bits per heavy atom. The second-order valence-electron chi connectivity index (χ2n) is 4.01. The fourth-order valence-corrected chi connectivity index (χ4v) is 1.94. The molecular formula is C14H12Cl2FN. The van der Waals surface area contributed by atoms with Crippen molar-refractivity contribution in [2.24, 2.45) is 0 Å². The smallest absolute Gasteiger partial charge is 0.142 e. The molecule has 0 aliphatic heterocycles. The number of anilines is 1. The van der Waals surface area contributed by atoms with Crippen LogP contribution in [0, 0.1) is 12.7 Å². The lowest BCUT2D eigenvalue weighted by molar-refractivity contribution is 0.626. The molecule has 0 atom stereocenters. The van der Waals surface area contributed by atoms with Gasteiger partial charge in [0.1, 0.15) is 5.82 Å². The second kappa shape index (κ2) is 5.59. The summed E-state index contributed by atoms with van der Waals surface area (Å²) in [5.74, 6) is -0.404. The van der Waals surface area contributed by atoms with Crippen LogP contribution in [-0.2, 0) is 6.54 Å². The minimum atomic E-state index is -0.404. The molecule has 18 heavy (non-hydrogen) atoms. The highest BCUT2D eigenvalue weighted by Crippen LogP contribution is 2.24. The molecule has 0 radical (unpaired) electrons. The summed E-state index contributed by atoms with van der Waals surface area (Å²) in [7, 11) is 0. The maximum Gasteiger partial charge on any atom is 0.142 e. The number of hydrogen-bond acceptors (Lipinski definition) is 1. The molecular weight excluding hydrogens is 272 g/mol. The third-order valence-corrected chi connectivity index (χ3v) is 3.45. The lowest BCUT2D eigenvalue weighted by atomic mass is 10.1. The van der Waals surface area contributed by atoms with Crippen molar-refractivity contribution in [1.82, 2.24) is 0 Å². The molecule has 0 saturated carbocycles.